The Hall–Kier alpha value is -4.19. The van der Waals surface area contributed by atoms with E-state index in [1.165, 1.54) is 6.08 Å². The zero-order valence-corrected chi connectivity index (χ0v) is 23.7. The maximum absolute atomic E-state index is 13.2. The fraction of sp³-hybridized carbons (Fsp3) is 0.172. The summed E-state index contributed by atoms with van der Waals surface area (Å²) in [5.74, 6) is -1.17. The zero-order chi connectivity index (χ0) is 28.1. The highest BCUT2D eigenvalue weighted by Gasteiger charge is 2.36. The van der Waals surface area contributed by atoms with Crippen LogP contribution in [0.25, 0.3) is 6.08 Å². The van der Waals surface area contributed by atoms with E-state index in [0.717, 1.165) is 16.0 Å². The molecule has 0 aliphatic carbocycles. The van der Waals surface area contributed by atoms with Crippen LogP contribution in [0.5, 0.6) is 11.5 Å². The van der Waals surface area contributed by atoms with Crippen molar-refractivity contribution in [3.63, 3.8) is 0 Å². The number of nitrogens with one attached hydrogen (secondary N) is 2. The standard InChI is InChI=1S/C29H26IN3O6/c1-4-38-24-15-19(13-21-27(35)32-29(37)33(28(21)36)20-10-6-5-7-11-20)14-22(30)26(24)39-16-25(34)31-23-12-8-9-17(2)18(23)3/h5-15H,4,16H2,1-3H3,(H,31,34)(H,32,35,37)/b21-13-. The summed E-state index contributed by atoms with van der Waals surface area (Å²) in [7, 11) is 0. The number of nitrogens with zero attached hydrogens (tertiary/aromatic N) is 1. The monoisotopic (exact) mass is 639 g/mol. The molecule has 3 aromatic carbocycles. The van der Waals surface area contributed by atoms with Gasteiger partial charge >= 0.3 is 6.03 Å². The first kappa shape index (κ1) is 27.8. The van der Waals surface area contributed by atoms with Gasteiger partial charge in [-0.25, -0.2) is 9.69 Å². The Morgan fingerprint density at radius 2 is 1.77 bits per heavy atom. The summed E-state index contributed by atoms with van der Waals surface area (Å²) in [5, 5.41) is 5.07. The number of urea groups is 1. The van der Waals surface area contributed by atoms with Gasteiger partial charge in [0.15, 0.2) is 18.1 Å². The Bertz CT molecular complexity index is 1490. The third-order valence-electron chi connectivity index (χ3n) is 5.99. The van der Waals surface area contributed by atoms with Crippen LogP contribution in [-0.2, 0) is 14.4 Å². The number of benzene rings is 3. The van der Waals surface area contributed by atoms with E-state index < -0.39 is 17.8 Å². The Morgan fingerprint density at radius 3 is 2.49 bits per heavy atom. The Morgan fingerprint density at radius 1 is 1.03 bits per heavy atom. The van der Waals surface area contributed by atoms with Crippen molar-refractivity contribution in [1.82, 2.24) is 5.32 Å². The summed E-state index contributed by atoms with van der Waals surface area (Å²) in [4.78, 5) is 51.7. The fourth-order valence-electron chi connectivity index (χ4n) is 3.92. The zero-order valence-electron chi connectivity index (χ0n) is 21.5. The van der Waals surface area contributed by atoms with Crippen LogP contribution in [0.4, 0.5) is 16.2 Å². The average Bonchev–Trinajstić information content (AvgIpc) is 2.89. The molecule has 2 N–H and O–H groups in total. The molecule has 1 aliphatic rings. The lowest BCUT2D eigenvalue weighted by molar-refractivity contribution is -0.122. The second-order valence-electron chi connectivity index (χ2n) is 8.64. The molecule has 1 saturated heterocycles. The molecular formula is C29H26IN3O6. The number of ether oxygens (including phenoxy) is 2. The third kappa shape index (κ3) is 6.28. The molecule has 0 saturated carbocycles. The minimum Gasteiger partial charge on any atom is -0.490 e. The molecule has 9 nitrogen and oxygen atoms in total. The number of hydrogen-bond donors (Lipinski definition) is 2. The molecule has 0 radical (unpaired) electrons. The van der Waals surface area contributed by atoms with Crippen LogP contribution in [0.1, 0.15) is 23.6 Å². The van der Waals surface area contributed by atoms with Crippen LogP contribution in [-0.4, -0.2) is 37.0 Å². The summed E-state index contributed by atoms with van der Waals surface area (Å²) < 4.78 is 12.2. The molecule has 0 atom stereocenters. The number of halogens is 1. The van der Waals surface area contributed by atoms with E-state index in [0.29, 0.717) is 38.6 Å². The van der Waals surface area contributed by atoms with Crippen LogP contribution in [0.2, 0.25) is 0 Å². The summed E-state index contributed by atoms with van der Waals surface area (Å²) in [6.07, 6.45) is 1.39. The summed E-state index contributed by atoms with van der Waals surface area (Å²) >= 11 is 2.04. The van der Waals surface area contributed by atoms with Crippen LogP contribution < -0.4 is 25.0 Å². The van der Waals surface area contributed by atoms with Gasteiger partial charge in [-0.05, 0) is 96.5 Å². The van der Waals surface area contributed by atoms with Crippen molar-refractivity contribution in [1.29, 1.82) is 0 Å². The second-order valence-corrected chi connectivity index (χ2v) is 9.80. The number of rotatable bonds is 8. The minimum absolute atomic E-state index is 0.210. The highest BCUT2D eigenvalue weighted by Crippen LogP contribution is 2.35. The van der Waals surface area contributed by atoms with Crippen molar-refractivity contribution in [3.05, 3.63) is 86.5 Å². The van der Waals surface area contributed by atoms with E-state index in [-0.39, 0.29) is 18.1 Å². The van der Waals surface area contributed by atoms with E-state index in [9.17, 15) is 19.2 Å². The number of para-hydroxylation sites is 1. The number of aryl methyl sites for hydroxylation is 1. The van der Waals surface area contributed by atoms with Crippen molar-refractivity contribution in [2.45, 2.75) is 20.8 Å². The molecular weight excluding hydrogens is 613 g/mol. The van der Waals surface area contributed by atoms with Crippen molar-refractivity contribution in [3.8, 4) is 11.5 Å². The van der Waals surface area contributed by atoms with Gasteiger partial charge in [-0.3, -0.25) is 19.7 Å². The first-order valence-electron chi connectivity index (χ1n) is 12.1. The Labute approximate surface area is 239 Å². The van der Waals surface area contributed by atoms with Crippen LogP contribution in [0, 0.1) is 17.4 Å². The fourth-order valence-corrected chi connectivity index (χ4v) is 4.70. The van der Waals surface area contributed by atoms with E-state index in [4.69, 9.17) is 9.47 Å². The normalized spacial score (nSPS) is 14.3. The summed E-state index contributed by atoms with van der Waals surface area (Å²) in [5.41, 5.74) is 3.36. The quantitative estimate of drug-likeness (QED) is 0.204. The number of hydrogen-bond acceptors (Lipinski definition) is 6. The number of imide groups is 2. The van der Waals surface area contributed by atoms with Gasteiger partial charge in [0.05, 0.1) is 15.9 Å². The average molecular weight is 639 g/mol. The largest absolute Gasteiger partial charge is 0.490 e. The molecule has 0 spiro atoms. The third-order valence-corrected chi connectivity index (χ3v) is 6.79. The van der Waals surface area contributed by atoms with Gasteiger partial charge in [-0.2, -0.15) is 0 Å². The van der Waals surface area contributed by atoms with Crippen LogP contribution in [0.15, 0.2) is 66.2 Å². The molecule has 3 aromatic rings. The smallest absolute Gasteiger partial charge is 0.335 e. The van der Waals surface area contributed by atoms with Crippen LogP contribution >= 0.6 is 22.6 Å². The van der Waals surface area contributed by atoms with Gasteiger partial charge in [0.2, 0.25) is 0 Å². The summed E-state index contributed by atoms with van der Waals surface area (Å²) in [6, 6.07) is 16.5. The molecule has 0 aromatic heterocycles. The Balaban J connectivity index is 1.58. The van der Waals surface area contributed by atoms with Crippen molar-refractivity contribution < 1.29 is 28.7 Å². The maximum atomic E-state index is 13.2. The molecule has 0 unspecified atom stereocenters. The molecule has 39 heavy (non-hydrogen) atoms. The molecule has 5 amide bonds. The summed E-state index contributed by atoms with van der Waals surface area (Å²) in [6.45, 7) is 5.77. The van der Waals surface area contributed by atoms with Crippen LogP contribution in [0.3, 0.4) is 0 Å². The van der Waals surface area contributed by atoms with Gasteiger partial charge in [-0.15, -0.1) is 0 Å². The first-order chi connectivity index (χ1) is 18.7. The molecule has 1 fully saturated rings. The lowest BCUT2D eigenvalue weighted by Crippen LogP contribution is -2.54. The van der Waals surface area contributed by atoms with E-state index >= 15 is 0 Å². The van der Waals surface area contributed by atoms with E-state index in [2.05, 4.69) is 10.6 Å². The van der Waals surface area contributed by atoms with Gasteiger partial charge in [0, 0.05) is 5.69 Å². The van der Waals surface area contributed by atoms with Gasteiger partial charge in [-0.1, -0.05) is 30.3 Å². The molecule has 1 aliphatic heterocycles. The molecule has 4 rings (SSSR count). The van der Waals surface area contributed by atoms with Crippen molar-refractivity contribution in [2.75, 3.05) is 23.4 Å². The number of amides is 5. The first-order valence-corrected chi connectivity index (χ1v) is 13.2. The molecule has 0 bridgehead atoms. The maximum Gasteiger partial charge on any atom is 0.335 e. The van der Waals surface area contributed by atoms with Gasteiger partial charge in [0.25, 0.3) is 17.7 Å². The topological polar surface area (TPSA) is 114 Å². The number of barbiturate groups is 1. The highest BCUT2D eigenvalue weighted by atomic mass is 127. The number of anilines is 2. The SMILES string of the molecule is CCOc1cc(/C=C2/C(=O)NC(=O)N(c3ccccc3)C2=O)cc(I)c1OCC(=O)Nc1cccc(C)c1C. The van der Waals surface area contributed by atoms with Crippen molar-refractivity contribution >= 4 is 63.8 Å². The Kier molecular flexibility index (Phi) is 8.65. The number of carbonyl (C=O) groups is 4. The minimum atomic E-state index is -0.819. The predicted octanol–water partition coefficient (Wildman–Crippen LogP) is 4.99. The number of carbonyl (C=O) groups excluding carboxylic acids is 4. The predicted molar refractivity (Wildman–Crippen MR) is 156 cm³/mol. The van der Waals surface area contributed by atoms with E-state index in [1.54, 1.807) is 49.4 Å². The molecule has 10 heteroatoms. The van der Waals surface area contributed by atoms with Gasteiger partial charge < -0.3 is 14.8 Å². The lowest BCUT2D eigenvalue weighted by Gasteiger charge is -2.26. The molecule has 1 heterocycles. The van der Waals surface area contributed by atoms with E-state index in [1.807, 2.05) is 54.6 Å². The molecule has 200 valence electrons. The highest BCUT2D eigenvalue weighted by molar-refractivity contribution is 14.1. The van der Waals surface area contributed by atoms with Crippen molar-refractivity contribution in [2.24, 2.45) is 0 Å². The lowest BCUT2D eigenvalue weighted by atomic mass is 10.1. The van der Waals surface area contributed by atoms with Gasteiger partial charge in [0.1, 0.15) is 5.57 Å². The second kappa shape index (κ2) is 12.1.